The number of nitrogens with zero attached hydrogens (tertiary/aromatic N) is 1. The van der Waals surface area contributed by atoms with Crippen molar-refractivity contribution in [3.63, 3.8) is 0 Å². The predicted molar refractivity (Wildman–Crippen MR) is 107 cm³/mol. The normalized spacial score (nSPS) is 25.1. The van der Waals surface area contributed by atoms with Crippen molar-refractivity contribution in [2.45, 2.75) is 77.0 Å². The minimum Gasteiger partial charge on any atom is -0.493 e. The molecule has 0 N–H and O–H groups in total. The Morgan fingerprint density at radius 2 is 1.75 bits per heavy atom. The molecule has 0 aromatic heterocycles. The van der Waals surface area contributed by atoms with Gasteiger partial charge in [-0.1, -0.05) is 6.92 Å². The van der Waals surface area contributed by atoms with Gasteiger partial charge in [-0.15, -0.1) is 0 Å². The third-order valence-electron chi connectivity index (χ3n) is 7.79. The topological polar surface area (TPSA) is 29.5 Å². The minimum atomic E-state index is -0.429. The van der Waals surface area contributed by atoms with Crippen LogP contribution in [0, 0.1) is 16.6 Å². The molecule has 0 unspecified atom stereocenters. The zero-order valence-corrected chi connectivity index (χ0v) is 17.1. The van der Waals surface area contributed by atoms with Crippen LogP contribution in [0.3, 0.4) is 0 Å². The van der Waals surface area contributed by atoms with Crippen LogP contribution < -0.4 is 4.74 Å². The van der Waals surface area contributed by atoms with E-state index in [-0.39, 0.29) is 16.9 Å². The van der Waals surface area contributed by atoms with Crippen molar-refractivity contribution in [1.29, 1.82) is 0 Å². The molecule has 3 nitrogen and oxygen atoms in total. The number of ether oxygens (including phenoxy) is 1. The number of carbonyl (C=O) groups excluding carboxylic acids is 1. The molecule has 0 bridgehead atoms. The van der Waals surface area contributed by atoms with Crippen molar-refractivity contribution in [3.8, 4) is 5.75 Å². The highest BCUT2D eigenvalue weighted by atomic mass is 19.1. The summed E-state index contributed by atoms with van der Waals surface area (Å²) in [5, 5.41) is 0. The Balaban J connectivity index is 1.32. The molecule has 1 aromatic rings. The van der Waals surface area contributed by atoms with E-state index in [4.69, 9.17) is 4.74 Å². The van der Waals surface area contributed by atoms with E-state index in [2.05, 4.69) is 6.92 Å². The van der Waals surface area contributed by atoms with E-state index >= 15 is 0 Å². The lowest BCUT2D eigenvalue weighted by molar-refractivity contribution is 0.0786. The van der Waals surface area contributed by atoms with Gasteiger partial charge in [0.2, 0.25) is 0 Å². The number of hydrogen-bond donors (Lipinski definition) is 0. The number of likely N-dealkylation sites (tertiary alicyclic amines) is 1. The Hall–Kier alpha value is -1.58. The van der Waals surface area contributed by atoms with Crippen molar-refractivity contribution in [3.05, 3.63) is 29.1 Å². The maximum atomic E-state index is 14.9. The molecule has 1 saturated heterocycles. The Labute approximate surface area is 167 Å². The Morgan fingerprint density at radius 3 is 2.36 bits per heavy atom. The van der Waals surface area contributed by atoms with E-state index in [1.807, 2.05) is 0 Å². The SMILES string of the molecule is CC1(COc2cc(F)c(C(=O)N3CCCC3)cc2C2CC2)CCC2(CC1)CC2. The summed E-state index contributed by atoms with van der Waals surface area (Å²) >= 11 is 0. The van der Waals surface area contributed by atoms with Gasteiger partial charge in [-0.3, -0.25) is 4.79 Å². The Bertz CT molecular complexity index is 765. The van der Waals surface area contributed by atoms with Crippen LogP contribution in [0.4, 0.5) is 4.39 Å². The number of rotatable bonds is 5. The molecule has 1 aliphatic heterocycles. The summed E-state index contributed by atoms with van der Waals surface area (Å²) in [4.78, 5) is 14.5. The highest BCUT2D eigenvalue weighted by Gasteiger charge is 2.48. The zero-order valence-electron chi connectivity index (χ0n) is 17.1. The summed E-state index contributed by atoms with van der Waals surface area (Å²) in [7, 11) is 0. The average Bonchev–Trinajstić information content (AvgIpc) is 3.62. The summed E-state index contributed by atoms with van der Waals surface area (Å²) in [6, 6.07) is 3.29. The molecule has 3 aliphatic carbocycles. The molecule has 1 spiro atoms. The number of hydrogen-bond acceptors (Lipinski definition) is 2. The first-order valence-corrected chi connectivity index (χ1v) is 11.2. The molecule has 3 saturated carbocycles. The van der Waals surface area contributed by atoms with Crippen LogP contribution in [0.5, 0.6) is 5.75 Å². The Kier molecular flexibility index (Phi) is 4.44. The van der Waals surface area contributed by atoms with Gasteiger partial charge in [0.1, 0.15) is 11.6 Å². The van der Waals surface area contributed by atoms with Crippen LogP contribution in [0.25, 0.3) is 0 Å². The van der Waals surface area contributed by atoms with Crippen molar-refractivity contribution in [2.75, 3.05) is 19.7 Å². The van der Waals surface area contributed by atoms with Crippen LogP contribution in [-0.4, -0.2) is 30.5 Å². The lowest BCUT2D eigenvalue weighted by atomic mass is 9.71. The van der Waals surface area contributed by atoms with Gasteiger partial charge in [-0.25, -0.2) is 4.39 Å². The van der Waals surface area contributed by atoms with Crippen molar-refractivity contribution >= 4 is 5.91 Å². The molecule has 1 heterocycles. The maximum Gasteiger partial charge on any atom is 0.256 e. The highest BCUT2D eigenvalue weighted by molar-refractivity contribution is 5.95. The maximum absolute atomic E-state index is 14.9. The molecule has 0 radical (unpaired) electrons. The van der Waals surface area contributed by atoms with E-state index in [0.29, 0.717) is 23.7 Å². The first kappa shape index (κ1) is 18.4. The Morgan fingerprint density at radius 1 is 1.11 bits per heavy atom. The molecule has 1 aromatic carbocycles. The number of amides is 1. The largest absolute Gasteiger partial charge is 0.493 e. The molecule has 28 heavy (non-hydrogen) atoms. The summed E-state index contributed by atoms with van der Waals surface area (Å²) in [6.07, 6.45) is 12.1. The first-order valence-electron chi connectivity index (χ1n) is 11.2. The summed E-state index contributed by atoms with van der Waals surface area (Å²) < 4.78 is 21.1. The van der Waals surface area contributed by atoms with Crippen LogP contribution in [-0.2, 0) is 0 Å². The molecule has 1 amide bonds. The third-order valence-corrected chi connectivity index (χ3v) is 7.79. The van der Waals surface area contributed by atoms with Gasteiger partial charge in [-0.2, -0.15) is 0 Å². The van der Waals surface area contributed by atoms with Crippen molar-refractivity contribution < 1.29 is 13.9 Å². The van der Waals surface area contributed by atoms with Crippen LogP contribution in [0.1, 0.15) is 93.0 Å². The fraction of sp³-hybridized carbons (Fsp3) is 0.708. The smallest absolute Gasteiger partial charge is 0.256 e. The van der Waals surface area contributed by atoms with Gasteiger partial charge >= 0.3 is 0 Å². The van der Waals surface area contributed by atoms with Gasteiger partial charge in [0.25, 0.3) is 5.91 Å². The minimum absolute atomic E-state index is 0.155. The lowest BCUT2D eigenvalue weighted by Gasteiger charge is -2.37. The van der Waals surface area contributed by atoms with Crippen LogP contribution in [0.15, 0.2) is 12.1 Å². The van der Waals surface area contributed by atoms with Crippen molar-refractivity contribution in [1.82, 2.24) is 4.90 Å². The van der Waals surface area contributed by atoms with Crippen LogP contribution in [0.2, 0.25) is 0 Å². The van der Waals surface area contributed by atoms with E-state index in [1.54, 1.807) is 11.0 Å². The summed E-state index contributed by atoms with van der Waals surface area (Å²) in [6.45, 7) is 4.46. The molecule has 0 atom stereocenters. The average molecular weight is 386 g/mol. The fourth-order valence-corrected chi connectivity index (χ4v) is 5.12. The molecule has 4 fully saturated rings. The monoisotopic (exact) mass is 385 g/mol. The summed E-state index contributed by atoms with van der Waals surface area (Å²) in [5.41, 5.74) is 2.13. The second kappa shape index (κ2) is 6.74. The van der Waals surface area contributed by atoms with E-state index in [1.165, 1.54) is 44.6 Å². The van der Waals surface area contributed by atoms with Gasteiger partial charge in [0.05, 0.1) is 12.2 Å². The molecular weight excluding hydrogens is 353 g/mol. The number of carbonyl (C=O) groups is 1. The number of benzene rings is 1. The van der Waals surface area contributed by atoms with E-state index in [9.17, 15) is 9.18 Å². The van der Waals surface area contributed by atoms with Gasteiger partial charge in [0, 0.05) is 24.6 Å². The molecule has 4 heteroatoms. The molecule has 152 valence electrons. The van der Waals surface area contributed by atoms with E-state index in [0.717, 1.165) is 44.3 Å². The predicted octanol–water partition coefficient (Wildman–Crippen LogP) is 5.68. The highest BCUT2D eigenvalue weighted by Crippen LogP contribution is 2.59. The molecule has 4 aliphatic rings. The summed E-state index contributed by atoms with van der Waals surface area (Å²) in [5.74, 6) is 0.514. The first-order chi connectivity index (χ1) is 13.5. The molecular formula is C24H32FNO2. The fourth-order valence-electron chi connectivity index (χ4n) is 5.12. The van der Waals surface area contributed by atoms with Crippen molar-refractivity contribution in [2.24, 2.45) is 10.8 Å². The van der Waals surface area contributed by atoms with Crippen LogP contribution >= 0.6 is 0 Å². The quantitative estimate of drug-likeness (QED) is 0.653. The van der Waals surface area contributed by atoms with E-state index < -0.39 is 5.82 Å². The second-order valence-corrected chi connectivity index (χ2v) is 10.2. The molecule has 5 rings (SSSR count). The second-order valence-electron chi connectivity index (χ2n) is 10.2. The van der Waals surface area contributed by atoms with Gasteiger partial charge < -0.3 is 9.64 Å². The number of halogens is 1. The lowest BCUT2D eigenvalue weighted by Crippen LogP contribution is -2.31. The van der Waals surface area contributed by atoms with Gasteiger partial charge in [-0.05, 0) is 87.2 Å². The zero-order chi connectivity index (χ0) is 19.4. The van der Waals surface area contributed by atoms with Gasteiger partial charge in [0.15, 0.2) is 0 Å². The third kappa shape index (κ3) is 3.55. The standard InChI is InChI=1S/C24H32FNO2/c1-23(6-8-24(9-7-23)10-11-24)16-28-21-15-20(25)19(14-18(21)17-4-5-17)22(27)26-12-2-3-13-26/h14-15,17H,2-13,16H2,1H3.